The highest BCUT2D eigenvalue weighted by atomic mass is 28.4. The molecule has 1 N–H and O–H groups in total. The zero-order valence-corrected chi connectivity index (χ0v) is 20.7. The van der Waals surface area contributed by atoms with E-state index in [-0.39, 0.29) is 16.3 Å². The van der Waals surface area contributed by atoms with Crippen LogP contribution in [0.4, 0.5) is 0 Å². The molecule has 8 heteroatoms. The number of rotatable bonds is 7. The summed E-state index contributed by atoms with van der Waals surface area (Å²) in [4.78, 5) is 33.5. The molecule has 0 saturated heterocycles. The summed E-state index contributed by atoms with van der Waals surface area (Å²) < 4.78 is 9.25. The highest BCUT2D eigenvalue weighted by Crippen LogP contribution is 2.37. The Morgan fingerprint density at radius 2 is 1.58 bits per heavy atom. The van der Waals surface area contributed by atoms with E-state index in [0.717, 1.165) is 17.7 Å². The van der Waals surface area contributed by atoms with Crippen LogP contribution in [0.5, 0.6) is 5.75 Å². The van der Waals surface area contributed by atoms with Gasteiger partial charge in [0.2, 0.25) is 8.32 Å². The van der Waals surface area contributed by atoms with Gasteiger partial charge in [0.05, 0.1) is 0 Å². The molecule has 0 spiro atoms. The molecule has 1 aromatic carbocycles. The Morgan fingerprint density at radius 3 is 2.13 bits per heavy atom. The second kappa shape index (κ2) is 8.49. The van der Waals surface area contributed by atoms with E-state index in [1.165, 1.54) is 4.57 Å². The Hall–Kier alpha value is -2.61. The fourth-order valence-electron chi connectivity index (χ4n) is 3.28. The van der Waals surface area contributed by atoms with Gasteiger partial charge in [-0.3, -0.25) is 13.9 Å². The van der Waals surface area contributed by atoms with E-state index in [9.17, 15) is 9.59 Å². The van der Waals surface area contributed by atoms with E-state index < -0.39 is 8.32 Å². The van der Waals surface area contributed by atoms with Crippen molar-refractivity contribution in [2.75, 3.05) is 0 Å². The fourth-order valence-corrected chi connectivity index (χ4v) is 4.31. The third kappa shape index (κ3) is 4.39. The molecule has 0 unspecified atom stereocenters. The molecule has 0 aliphatic heterocycles. The maximum Gasteiger partial charge on any atom is 0.332 e. The van der Waals surface area contributed by atoms with E-state index in [4.69, 9.17) is 4.43 Å². The van der Waals surface area contributed by atoms with Gasteiger partial charge in [0.25, 0.3) is 5.56 Å². The lowest BCUT2D eigenvalue weighted by atomic mass is 10.2. The Morgan fingerprint density at radius 1 is 1.00 bits per heavy atom. The van der Waals surface area contributed by atoms with Crippen molar-refractivity contribution in [2.24, 2.45) is 0 Å². The molecule has 0 fully saturated rings. The lowest BCUT2D eigenvalue weighted by Gasteiger charge is -2.36. The standard InChI is InChI=1S/C23H34N4O3Si/c1-8-14-26-20-18(21(28)27(15-9-2)22(26)29)24-19(25-20)16-10-12-17(13-11-16)30-31(6,7)23(3,4)5/h10-13H,8-9,14-15H2,1-7H3,(H,24,25). The minimum atomic E-state index is -1.92. The monoisotopic (exact) mass is 442 g/mol. The number of hydrogen-bond acceptors (Lipinski definition) is 4. The number of hydrogen-bond donors (Lipinski definition) is 1. The molecule has 0 amide bonds. The minimum absolute atomic E-state index is 0.117. The lowest BCUT2D eigenvalue weighted by Crippen LogP contribution is -2.43. The maximum absolute atomic E-state index is 12.9. The molecule has 31 heavy (non-hydrogen) atoms. The highest BCUT2D eigenvalue weighted by molar-refractivity contribution is 6.74. The smallest absolute Gasteiger partial charge is 0.332 e. The predicted molar refractivity (Wildman–Crippen MR) is 128 cm³/mol. The Labute approximate surface area is 184 Å². The average molecular weight is 443 g/mol. The first-order chi connectivity index (χ1) is 14.5. The third-order valence-electron chi connectivity index (χ3n) is 6.06. The van der Waals surface area contributed by atoms with E-state index in [0.29, 0.717) is 36.5 Å². The van der Waals surface area contributed by atoms with Gasteiger partial charge in [-0.15, -0.1) is 0 Å². The summed E-state index contributed by atoms with van der Waals surface area (Å²) in [5, 5.41) is 0.117. The zero-order chi connectivity index (χ0) is 23.0. The van der Waals surface area contributed by atoms with Crippen LogP contribution in [0.25, 0.3) is 22.6 Å². The van der Waals surface area contributed by atoms with Crippen LogP contribution in [0, 0.1) is 0 Å². The van der Waals surface area contributed by atoms with Crippen LogP contribution >= 0.6 is 0 Å². The number of nitrogens with zero attached hydrogens (tertiary/aromatic N) is 3. The molecule has 0 saturated carbocycles. The summed E-state index contributed by atoms with van der Waals surface area (Å²) in [6, 6.07) is 7.76. The number of aromatic nitrogens is 4. The van der Waals surface area contributed by atoms with Gasteiger partial charge >= 0.3 is 5.69 Å². The van der Waals surface area contributed by atoms with Crippen molar-refractivity contribution in [2.45, 2.75) is 78.7 Å². The Bertz CT molecular complexity index is 1180. The first kappa shape index (κ1) is 23.1. The molecule has 0 bridgehead atoms. The topological polar surface area (TPSA) is 81.9 Å². The number of imidazole rings is 1. The number of H-pyrrole nitrogens is 1. The summed E-state index contributed by atoms with van der Waals surface area (Å²) >= 11 is 0. The fraction of sp³-hybridized carbons (Fsp3) is 0.522. The summed E-state index contributed by atoms with van der Waals surface area (Å²) in [7, 11) is -1.92. The number of aryl methyl sites for hydroxylation is 1. The van der Waals surface area contributed by atoms with Crippen LogP contribution in [-0.4, -0.2) is 27.4 Å². The largest absolute Gasteiger partial charge is 0.544 e. The third-order valence-corrected chi connectivity index (χ3v) is 10.4. The van der Waals surface area contributed by atoms with Crippen molar-refractivity contribution in [3.8, 4) is 17.1 Å². The molecule has 0 radical (unpaired) electrons. The van der Waals surface area contributed by atoms with Gasteiger partial charge in [-0.2, -0.15) is 0 Å². The molecule has 168 valence electrons. The van der Waals surface area contributed by atoms with Crippen LogP contribution in [0.3, 0.4) is 0 Å². The van der Waals surface area contributed by atoms with E-state index in [2.05, 4.69) is 43.8 Å². The summed E-state index contributed by atoms with van der Waals surface area (Å²) in [6.07, 6.45) is 1.49. The van der Waals surface area contributed by atoms with Gasteiger partial charge in [0.1, 0.15) is 17.1 Å². The first-order valence-electron chi connectivity index (χ1n) is 11.0. The van der Waals surface area contributed by atoms with Crippen LogP contribution in [0.2, 0.25) is 18.1 Å². The summed E-state index contributed by atoms with van der Waals surface area (Å²) in [5.74, 6) is 1.41. The number of fused-ring (bicyclic) bond motifs is 1. The molecule has 3 rings (SSSR count). The SMILES string of the molecule is CCCn1c(=O)c2[nH]c(-c3ccc(O[Si](C)(C)C(C)(C)C)cc3)nc2n(CCC)c1=O. The van der Waals surface area contributed by atoms with Crippen molar-refractivity contribution >= 4 is 19.5 Å². The molecule has 0 aliphatic carbocycles. The lowest BCUT2D eigenvalue weighted by molar-refractivity contribution is 0.492. The zero-order valence-electron chi connectivity index (χ0n) is 19.7. The van der Waals surface area contributed by atoms with Crippen molar-refractivity contribution in [3.63, 3.8) is 0 Å². The van der Waals surface area contributed by atoms with Gasteiger partial charge < -0.3 is 9.41 Å². The normalized spacial score (nSPS) is 12.5. The van der Waals surface area contributed by atoms with Crippen molar-refractivity contribution in [1.82, 2.24) is 19.1 Å². The van der Waals surface area contributed by atoms with Crippen molar-refractivity contribution < 1.29 is 4.43 Å². The molecule has 2 heterocycles. The van der Waals surface area contributed by atoms with Crippen molar-refractivity contribution in [1.29, 1.82) is 0 Å². The van der Waals surface area contributed by atoms with E-state index in [1.54, 1.807) is 4.57 Å². The quantitative estimate of drug-likeness (QED) is 0.535. The molecular formula is C23H34N4O3Si. The second-order valence-electron chi connectivity index (χ2n) is 9.56. The van der Waals surface area contributed by atoms with Crippen LogP contribution in [-0.2, 0) is 13.1 Å². The summed E-state index contributed by atoms with van der Waals surface area (Å²) in [6.45, 7) is 15.9. The first-order valence-corrected chi connectivity index (χ1v) is 13.9. The average Bonchev–Trinajstić information content (AvgIpc) is 3.13. The van der Waals surface area contributed by atoms with Gasteiger partial charge in [0, 0.05) is 18.7 Å². The van der Waals surface area contributed by atoms with Crippen LogP contribution < -0.4 is 15.7 Å². The van der Waals surface area contributed by atoms with E-state index in [1.807, 2.05) is 38.1 Å². The van der Waals surface area contributed by atoms with E-state index >= 15 is 0 Å². The van der Waals surface area contributed by atoms with Crippen LogP contribution in [0.15, 0.2) is 33.9 Å². The van der Waals surface area contributed by atoms with Crippen molar-refractivity contribution in [3.05, 3.63) is 45.1 Å². The number of nitrogens with one attached hydrogen (secondary N) is 1. The van der Waals surface area contributed by atoms with Gasteiger partial charge in [0.15, 0.2) is 5.65 Å². The van der Waals surface area contributed by atoms with Gasteiger partial charge in [-0.1, -0.05) is 34.6 Å². The van der Waals surface area contributed by atoms with Gasteiger partial charge in [-0.25, -0.2) is 9.78 Å². The summed E-state index contributed by atoms with van der Waals surface area (Å²) in [5.41, 5.74) is 1.03. The molecule has 3 aromatic rings. The second-order valence-corrected chi connectivity index (χ2v) is 14.3. The molecule has 0 aliphatic rings. The minimum Gasteiger partial charge on any atom is -0.544 e. The Balaban J connectivity index is 2.04. The Kier molecular flexibility index (Phi) is 6.32. The predicted octanol–water partition coefficient (Wildman–Crippen LogP) is 4.76. The molecule has 2 aromatic heterocycles. The highest BCUT2D eigenvalue weighted by Gasteiger charge is 2.38. The maximum atomic E-state index is 12.9. The molecule has 7 nitrogen and oxygen atoms in total. The molecular weight excluding hydrogens is 408 g/mol. The number of aromatic amines is 1. The number of benzene rings is 1. The molecule has 0 atom stereocenters. The van der Waals surface area contributed by atoms with Gasteiger partial charge in [-0.05, 0) is 55.2 Å². The van der Waals surface area contributed by atoms with Crippen LogP contribution in [0.1, 0.15) is 47.5 Å².